The molecule has 0 aromatic heterocycles. The van der Waals surface area contributed by atoms with Crippen LogP contribution in [0.2, 0.25) is 36.3 Å². The number of hydrogen-bond donors (Lipinski definition) is 0. The molecule has 0 amide bonds. The zero-order valence-corrected chi connectivity index (χ0v) is 21.6. The van der Waals surface area contributed by atoms with E-state index in [4.69, 9.17) is 9.38 Å². The molecule has 0 aliphatic carbocycles. The van der Waals surface area contributed by atoms with Crippen molar-refractivity contribution in [2.75, 3.05) is 0 Å². The molecule has 30 heavy (non-hydrogen) atoms. The van der Waals surface area contributed by atoms with E-state index in [9.17, 15) is 0 Å². The Labute approximate surface area is 186 Å². The number of aryl methyl sites for hydroxylation is 1. The monoisotopic (exact) mass is 437 g/mol. The second-order valence-electron chi connectivity index (χ2n) is 8.48. The second-order valence-corrected chi connectivity index (χ2v) is 18.1. The smallest absolute Gasteiger partial charge is 0.179 e. The van der Waals surface area contributed by atoms with Gasteiger partial charge in [-0.05, 0) is 77.9 Å². The molecule has 0 saturated heterocycles. The van der Waals surface area contributed by atoms with Crippen LogP contribution in [0.1, 0.15) is 52.2 Å². The van der Waals surface area contributed by atoms with Crippen LogP contribution in [0.5, 0.6) is 0 Å². The quantitative estimate of drug-likeness (QED) is 0.314. The average molecular weight is 438 g/mol. The summed E-state index contributed by atoms with van der Waals surface area (Å²) in [4.78, 5) is 0. The molecule has 0 radical (unpaired) electrons. The van der Waals surface area contributed by atoms with Gasteiger partial charge in [-0.3, -0.25) is 0 Å². The highest BCUT2D eigenvalue weighted by atomic mass is 28.4. The van der Waals surface area contributed by atoms with Gasteiger partial charge in [0, 0.05) is 0 Å². The van der Waals surface area contributed by atoms with Gasteiger partial charge >= 0.3 is 0 Å². The molecule has 0 aliphatic heterocycles. The van der Waals surface area contributed by atoms with Crippen molar-refractivity contribution in [2.24, 2.45) is 0 Å². The van der Waals surface area contributed by atoms with Crippen molar-refractivity contribution < 1.29 is 4.12 Å². The zero-order valence-electron chi connectivity index (χ0n) is 19.6. The molecule has 0 atom stereocenters. The van der Waals surface area contributed by atoms with E-state index in [-0.39, 0.29) is 0 Å². The Kier molecular flexibility index (Phi) is 9.55. The van der Waals surface area contributed by atoms with Crippen molar-refractivity contribution in [1.82, 2.24) is 0 Å². The molecule has 2 aromatic rings. The summed E-state index contributed by atoms with van der Waals surface area (Å²) in [6.45, 7) is 11.8. The number of benzene rings is 2. The molecule has 2 aromatic carbocycles. The summed E-state index contributed by atoms with van der Waals surface area (Å²) in [5.74, 6) is 0. The third-order valence-corrected chi connectivity index (χ3v) is 18.2. The van der Waals surface area contributed by atoms with E-state index < -0.39 is 16.6 Å². The highest BCUT2D eigenvalue weighted by Crippen LogP contribution is 2.33. The Morgan fingerprint density at radius 1 is 0.700 bits per heavy atom. The third-order valence-electron chi connectivity index (χ3n) is 7.05. The van der Waals surface area contributed by atoms with Gasteiger partial charge in [0.25, 0.3) is 0 Å². The van der Waals surface area contributed by atoms with Crippen LogP contribution in [0.25, 0.3) is 11.1 Å². The van der Waals surface area contributed by atoms with Gasteiger partial charge in [-0.1, -0.05) is 71.0 Å². The summed E-state index contributed by atoms with van der Waals surface area (Å²) in [6.07, 6.45) is 2.36. The van der Waals surface area contributed by atoms with Crippen molar-refractivity contribution >= 4 is 16.6 Å². The van der Waals surface area contributed by atoms with Crippen LogP contribution >= 0.6 is 0 Å². The summed E-state index contributed by atoms with van der Waals surface area (Å²) in [6, 6.07) is 26.5. The van der Waals surface area contributed by atoms with E-state index in [2.05, 4.69) is 65.0 Å². The van der Waals surface area contributed by atoms with Gasteiger partial charge in [-0.2, -0.15) is 5.26 Å². The topological polar surface area (TPSA) is 33.0 Å². The van der Waals surface area contributed by atoms with Gasteiger partial charge in [-0.15, -0.1) is 0 Å². The molecule has 162 valence electrons. The molecule has 0 aliphatic rings. The van der Waals surface area contributed by atoms with Gasteiger partial charge in [0.2, 0.25) is 0 Å². The van der Waals surface area contributed by atoms with Crippen LogP contribution < -0.4 is 0 Å². The predicted octanol–water partition coefficient (Wildman–Crippen LogP) is 8.16. The van der Waals surface area contributed by atoms with Gasteiger partial charge in [0.15, 0.2) is 16.6 Å². The Balaban J connectivity index is 2.00. The van der Waals surface area contributed by atoms with Crippen LogP contribution in [0, 0.1) is 11.3 Å². The lowest BCUT2D eigenvalue weighted by Crippen LogP contribution is -2.50. The Morgan fingerprint density at radius 3 is 1.60 bits per heavy atom. The van der Waals surface area contributed by atoms with Crippen LogP contribution in [-0.2, 0) is 10.5 Å². The SMILES string of the molecule is CC[Si](CC)(CC)O[Si](CC)(CC)CCCc1ccc(-c2ccc(C#N)cc2)cc1. The molecule has 2 nitrogen and oxygen atoms in total. The molecular formula is C26H39NOSi2. The van der Waals surface area contributed by atoms with Crippen molar-refractivity contribution in [1.29, 1.82) is 5.26 Å². The fourth-order valence-corrected chi connectivity index (χ4v) is 14.9. The average Bonchev–Trinajstić information content (AvgIpc) is 2.82. The molecule has 0 unspecified atom stereocenters. The highest BCUT2D eigenvalue weighted by molar-refractivity contribution is 6.87. The lowest BCUT2D eigenvalue weighted by atomic mass is 10.0. The largest absolute Gasteiger partial charge is 0.455 e. The van der Waals surface area contributed by atoms with E-state index in [1.165, 1.54) is 53.8 Å². The lowest BCUT2D eigenvalue weighted by molar-refractivity contribution is 0.503. The van der Waals surface area contributed by atoms with Crippen LogP contribution in [0.15, 0.2) is 48.5 Å². The van der Waals surface area contributed by atoms with Crippen molar-refractivity contribution in [3.8, 4) is 17.2 Å². The molecular weight excluding hydrogens is 398 g/mol. The molecule has 2 rings (SSSR count). The number of nitriles is 1. The van der Waals surface area contributed by atoms with Crippen LogP contribution in [0.3, 0.4) is 0 Å². The summed E-state index contributed by atoms with van der Waals surface area (Å²) in [5.41, 5.74) is 4.49. The Bertz CT molecular complexity index is 792. The summed E-state index contributed by atoms with van der Waals surface area (Å²) in [7, 11) is -3.17. The first kappa shape index (κ1) is 24.6. The summed E-state index contributed by atoms with van der Waals surface area (Å²) < 4.78 is 7.16. The standard InChI is InChI=1S/C26H39NOSi2/c1-6-29(7-2,8-3)28-30(9-4,10-5)21-11-12-23-13-17-25(18-14-23)26-19-15-24(22-27)16-20-26/h13-20H,6-12,21H2,1-5H3. The fourth-order valence-electron chi connectivity index (χ4n) is 4.44. The molecule has 0 saturated carbocycles. The van der Waals surface area contributed by atoms with Gasteiger partial charge in [0.1, 0.15) is 0 Å². The van der Waals surface area contributed by atoms with Gasteiger partial charge in [0.05, 0.1) is 11.6 Å². The van der Waals surface area contributed by atoms with Crippen molar-refractivity contribution in [3.63, 3.8) is 0 Å². The molecule has 0 heterocycles. The maximum Gasteiger partial charge on any atom is 0.179 e. The number of rotatable bonds is 12. The third kappa shape index (κ3) is 6.17. The molecule has 4 heteroatoms. The summed E-state index contributed by atoms with van der Waals surface area (Å²) >= 11 is 0. The molecule has 0 N–H and O–H groups in total. The Hall–Kier alpha value is -1.68. The van der Waals surface area contributed by atoms with E-state index >= 15 is 0 Å². The minimum Gasteiger partial charge on any atom is -0.455 e. The first-order chi connectivity index (χ1) is 14.5. The van der Waals surface area contributed by atoms with Crippen molar-refractivity contribution in [2.45, 2.75) is 83.7 Å². The molecule has 0 spiro atoms. The number of hydrogen-bond acceptors (Lipinski definition) is 2. The van der Waals surface area contributed by atoms with E-state index in [1.54, 1.807) is 0 Å². The minimum absolute atomic E-state index is 0.707. The lowest BCUT2D eigenvalue weighted by Gasteiger charge is -2.41. The van der Waals surface area contributed by atoms with E-state index in [0.717, 1.165) is 12.0 Å². The highest BCUT2D eigenvalue weighted by Gasteiger charge is 2.40. The minimum atomic E-state index is -1.63. The van der Waals surface area contributed by atoms with Gasteiger partial charge < -0.3 is 4.12 Å². The predicted molar refractivity (Wildman–Crippen MR) is 135 cm³/mol. The Morgan fingerprint density at radius 2 is 1.17 bits per heavy atom. The first-order valence-electron chi connectivity index (χ1n) is 11.8. The van der Waals surface area contributed by atoms with Crippen LogP contribution in [-0.4, -0.2) is 16.6 Å². The number of nitrogens with zero attached hydrogens (tertiary/aromatic N) is 1. The maximum absolute atomic E-state index is 8.96. The maximum atomic E-state index is 8.96. The fraction of sp³-hybridized carbons (Fsp3) is 0.500. The van der Waals surface area contributed by atoms with Crippen LogP contribution in [0.4, 0.5) is 0 Å². The zero-order chi connectivity index (χ0) is 22.0. The molecule has 0 fully saturated rings. The summed E-state index contributed by atoms with van der Waals surface area (Å²) in [5, 5.41) is 8.96. The van der Waals surface area contributed by atoms with Crippen molar-refractivity contribution in [3.05, 3.63) is 59.7 Å². The normalized spacial score (nSPS) is 12.0. The van der Waals surface area contributed by atoms with E-state index in [1.807, 2.05) is 24.3 Å². The van der Waals surface area contributed by atoms with Gasteiger partial charge in [-0.25, -0.2) is 0 Å². The van der Waals surface area contributed by atoms with E-state index in [0.29, 0.717) is 5.56 Å². The first-order valence-corrected chi connectivity index (χ1v) is 16.8. The molecule has 0 bridgehead atoms. The second kappa shape index (κ2) is 11.6.